The molecule has 0 bridgehead atoms. The Morgan fingerprint density at radius 3 is 2.52 bits per heavy atom. The Balaban J connectivity index is 1.69. The quantitative estimate of drug-likeness (QED) is 0.578. The fourth-order valence-electron chi connectivity index (χ4n) is 2.96. The highest BCUT2D eigenvalue weighted by atomic mass is 19.4. The highest BCUT2D eigenvalue weighted by molar-refractivity contribution is 5.65. The van der Waals surface area contributed by atoms with E-state index in [9.17, 15) is 23.3 Å². The van der Waals surface area contributed by atoms with Crippen LogP contribution in [0.4, 0.5) is 24.5 Å². The third kappa shape index (κ3) is 4.35. The maximum Gasteiger partial charge on any atom is 0.416 e. The average molecular weight is 385 g/mol. The molecule has 3 rings (SSSR count). The number of aromatic nitrogens is 2. The summed E-state index contributed by atoms with van der Waals surface area (Å²) in [6, 6.07) is 2.64. The summed E-state index contributed by atoms with van der Waals surface area (Å²) in [4.78, 5) is 18.5. The van der Waals surface area contributed by atoms with Crippen LogP contribution >= 0.6 is 0 Å². The van der Waals surface area contributed by atoms with Crippen LogP contribution in [-0.4, -0.2) is 46.1 Å². The van der Waals surface area contributed by atoms with Gasteiger partial charge in [0.2, 0.25) is 5.89 Å². The number of rotatable bonds is 5. The molecule has 146 valence electrons. The van der Waals surface area contributed by atoms with Crippen molar-refractivity contribution in [2.45, 2.75) is 26.1 Å². The van der Waals surface area contributed by atoms with Gasteiger partial charge in [0.25, 0.3) is 5.69 Å². The summed E-state index contributed by atoms with van der Waals surface area (Å²) in [5.41, 5.74) is -1.37. The number of nitrogens with zero attached hydrogens (tertiary/aromatic N) is 5. The molecule has 0 spiro atoms. The molecular weight excluding hydrogens is 367 g/mol. The third-order valence-electron chi connectivity index (χ3n) is 4.39. The van der Waals surface area contributed by atoms with Gasteiger partial charge in [-0.25, -0.2) is 0 Å². The molecule has 0 aliphatic carbocycles. The summed E-state index contributed by atoms with van der Waals surface area (Å²) >= 11 is 0. The average Bonchev–Trinajstić information content (AvgIpc) is 3.08. The summed E-state index contributed by atoms with van der Waals surface area (Å²) in [5, 5.41) is 15.1. The van der Waals surface area contributed by atoms with Crippen molar-refractivity contribution in [3.8, 4) is 0 Å². The molecule has 1 aliphatic rings. The van der Waals surface area contributed by atoms with Crippen molar-refractivity contribution in [2.24, 2.45) is 0 Å². The van der Waals surface area contributed by atoms with E-state index in [0.29, 0.717) is 56.9 Å². The second-order valence-electron chi connectivity index (χ2n) is 6.18. The molecule has 0 amide bonds. The van der Waals surface area contributed by atoms with Crippen LogP contribution in [-0.2, 0) is 19.1 Å². The van der Waals surface area contributed by atoms with Crippen LogP contribution in [0.2, 0.25) is 0 Å². The van der Waals surface area contributed by atoms with E-state index in [4.69, 9.17) is 4.52 Å². The number of benzene rings is 1. The second kappa shape index (κ2) is 7.51. The molecule has 0 unspecified atom stereocenters. The molecule has 1 aliphatic heterocycles. The third-order valence-corrected chi connectivity index (χ3v) is 4.39. The smallest absolute Gasteiger partial charge is 0.363 e. The zero-order valence-corrected chi connectivity index (χ0v) is 14.6. The van der Waals surface area contributed by atoms with E-state index in [1.54, 1.807) is 4.90 Å². The molecule has 11 heteroatoms. The Labute approximate surface area is 152 Å². The van der Waals surface area contributed by atoms with E-state index in [2.05, 4.69) is 15.0 Å². The molecule has 0 saturated carbocycles. The molecule has 0 N–H and O–H groups in total. The molecule has 1 aromatic carbocycles. The number of alkyl halides is 3. The fourth-order valence-corrected chi connectivity index (χ4v) is 2.96. The van der Waals surface area contributed by atoms with Crippen molar-refractivity contribution in [1.82, 2.24) is 15.0 Å². The van der Waals surface area contributed by atoms with Gasteiger partial charge in [-0.05, 0) is 12.1 Å². The van der Waals surface area contributed by atoms with Gasteiger partial charge in [0.05, 0.1) is 17.0 Å². The lowest BCUT2D eigenvalue weighted by molar-refractivity contribution is -0.384. The summed E-state index contributed by atoms with van der Waals surface area (Å²) in [6.45, 7) is 4.46. The van der Waals surface area contributed by atoms with Crippen LogP contribution in [0.1, 0.15) is 24.2 Å². The predicted molar refractivity (Wildman–Crippen MR) is 89.3 cm³/mol. The summed E-state index contributed by atoms with van der Waals surface area (Å²) in [6.07, 6.45) is -3.97. The van der Waals surface area contributed by atoms with Gasteiger partial charge in [0.1, 0.15) is 5.69 Å². The van der Waals surface area contributed by atoms with Gasteiger partial charge >= 0.3 is 6.18 Å². The Morgan fingerprint density at radius 2 is 1.96 bits per heavy atom. The van der Waals surface area contributed by atoms with Gasteiger partial charge in [-0.15, -0.1) is 0 Å². The van der Waals surface area contributed by atoms with E-state index in [1.807, 2.05) is 6.92 Å². The van der Waals surface area contributed by atoms with E-state index in [0.717, 1.165) is 6.07 Å². The van der Waals surface area contributed by atoms with Crippen LogP contribution in [0.15, 0.2) is 22.7 Å². The minimum atomic E-state index is -4.62. The molecule has 0 atom stereocenters. The lowest BCUT2D eigenvalue weighted by Gasteiger charge is -2.35. The number of halogens is 3. The van der Waals surface area contributed by atoms with Crippen molar-refractivity contribution < 1.29 is 22.6 Å². The van der Waals surface area contributed by atoms with Crippen molar-refractivity contribution in [1.29, 1.82) is 0 Å². The molecule has 27 heavy (non-hydrogen) atoms. The zero-order valence-electron chi connectivity index (χ0n) is 14.6. The SMILES string of the molecule is CCc1nc(CN2CCN(c3ccc(C(F)(F)F)cc3[N+](=O)[O-])CC2)no1. The number of nitro benzene ring substituents is 1. The summed E-state index contributed by atoms with van der Waals surface area (Å²) < 4.78 is 43.5. The van der Waals surface area contributed by atoms with Crippen LogP contribution in [0.25, 0.3) is 0 Å². The van der Waals surface area contributed by atoms with E-state index in [1.165, 1.54) is 6.07 Å². The lowest BCUT2D eigenvalue weighted by Crippen LogP contribution is -2.46. The van der Waals surface area contributed by atoms with E-state index in [-0.39, 0.29) is 5.69 Å². The number of aryl methyl sites for hydroxylation is 1. The van der Waals surface area contributed by atoms with Gasteiger partial charge in [0.15, 0.2) is 5.82 Å². The molecule has 1 saturated heterocycles. The van der Waals surface area contributed by atoms with Crippen molar-refractivity contribution in [3.63, 3.8) is 0 Å². The molecule has 0 radical (unpaired) electrons. The Bertz CT molecular complexity index is 816. The van der Waals surface area contributed by atoms with Gasteiger partial charge in [-0.1, -0.05) is 12.1 Å². The van der Waals surface area contributed by atoms with Crippen molar-refractivity contribution in [3.05, 3.63) is 45.6 Å². The first kappa shape index (κ1) is 19.1. The highest BCUT2D eigenvalue weighted by Crippen LogP contribution is 2.36. The number of hydrogen-bond donors (Lipinski definition) is 0. The number of nitro groups is 1. The Morgan fingerprint density at radius 1 is 1.26 bits per heavy atom. The normalized spacial score (nSPS) is 15.9. The molecule has 1 aromatic heterocycles. The Kier molecular flexibility index (Phi) is 5.31. The van der Waals surface area contributed by atoms with E-state index >= 15 is 0 Å². The fraction of sp³-hybridized carbons (Fsp3) is 0.500. The van der Waals surface area contributed by atoms with Crippen LogP contribution in [0.5, 0.6) is 0 Å². The number of piperazine rings is 1. The molecular formula is C16H18F3N5O3. The first-order valence-electron chi connectivity index (χ1n) is 8.42. The van der Waals surface area contributed by atoms with Crippen molar-refractivity contribution in [2.75, 3.05) is 31.1 Å². The highest BCUT2D eigenvalue weighted by Gasteiger charge is 2.34. The molecule has 2 heterocycles. The lowest BCUT2D eigenvalue weighted by atomic mass is 10.1. The molecule has 1 fully saturated rings. The first-order valence-corrected chi connectivity index (χ1v) is 8.42. The maximum absolute atomic E-state index is 12.8. The van der Waals surface area contributed by atoms with E-state index < -0.39 is 22.4 Å². The van der Waals surface area contributed by atoms with Gasteiger partial charge < -0.3 is 9.42 Å². The molecule has 2 aromatic rings. The summed E-state index contributed by atoms with van der Waals surface area (Å²) in [7, 11) is 0. The minimum Gasteiger partial charge on any atom is -0.363 e. The maximum atomic E-state index is 12.8. The number of anilines is 1. The topological polar surface area (TPSA) is 88.5 Å². The predicted octanol–water partition coefficient (Wildman–Crippen LogP) is 2.88. The van der Waals surface area contributed by atoms with Gasteiger partial charge in [0, 0.05) is 38.7 Å². The molecule has 8 nitrogen and oxygen atoms in total. The zero-order chi connectivity index (χ0) is 19.6. The van der Waals surface area contributed by atoms with Gasteiger partial charge in [-0.3, -0.25) is 15.0 Å². The largest absolute Gasteiger partial charge is 0.416 e. The standard InChI is InChI=1S/C16H18F3N5O3/c1-2-15-20-14(21-27-15)10-22-5-7-23(8-6-22)12-4-3-11(16(17,18)19)9-13(12)24(25)26/h3-4,9H,2,5-8,10H2,1H3. The Hall–Kier alpha value is -2.69. The number of hydrogen-bond acceptors (Lipinski definition) is 7. The van der Waals surface area contributed by atoms with Crippen LogP contribution < -0.4 is 4.90 Å². The minimum absolute atomic E-state index is 0.195. The summed E-state index contributed by atoms with van der Waals surface area (Å²) in [5.74, 6) is 1.13. The van der Waals surface area contributed by atoms with Crippen LogP contribution in [0, 0.1) is 10.1 Å². The van der Waals surface area contributed by atoms with Crippen LogP contribution in [0.3, 0.4) is 0 Å². The first-order chi connectivity index (χ1) is 12.8. The second-order valence-corrected chi connectivity index (χ2v) is 6.18. The van der Waals surface area contributed by atoms with Crippen molar-refractivity contribution >= 4 is 11.4 Å². The monoisotopic (exact) mass is 385 g/mol. The van der Waals surface area contributed by atoms with Gasteiger partial charge in [-0.2, -0.15) is 18.2 Å².